The van der Waals surface area contributed by atoms with Crippen LogP contribution in [0.4, 0.5) is 0 Å². The van der Waals surface area contributed by atoms with E-state index in [0.717, 1.165) is 4.47 Å². The fourth-order valence-electron chi connectivity index (χ4n) is 2.87. The van der Waals surface area contributed by atoms with Crippen LogP contribution in [0.3, 0.4) is 0 Å². The highest BCUT2D eigenvalue weighted by atomic mass is 79.9. The second kappa shape index (κ2) is 7.49. The van der Waals surface area contributed by atoms with E-state index in [4.69, 9.17) is 0 Å². The largest absolute Gasteiger partial charge is 0.598 e. The number of benzene rings is 1. The van der Waals surface area contributed by atoms with Crippen LogP contribution in [0.1, 0.15) is 64.5 Å². The molecule has 1 aliphatic carbocycles. The van der Waals surface area contributed by atoms with E-state index >= 15 is 0 Å². The minimum atomic E-state index is -1.04. The highest BCUT2D eigenvalue weighted by Gasteiger charge is 2.34. The molecule has 2 rings (SSSR count). The van der Waals surface area contributed by atoms with Crippen LogP contribution in [-0.2, 0) is 11.4 Å². The molecule has 1 aliphatic rings. The van der Waals surface area contributed by atoms with Crippen LogP contribution < -0.4 is 4.72 Å². The maximum Gasteiger partial charge on any atom is 0.136 e. The summed E-state index contributed by atoms with van der Waals surface area (Å²) in [7, 11) is 0. The Balaban J connectivity index is 2.19. The van der Waals surface area contributed by atoms with Crippen LogP contribution in [0, 0.1) is 5.92 Å². The molecule has 1 aromatic carbocycles. The molecule has 1 aromatic rings. The second-order valence-corrected chi connectivity index (χ2v) is 9.84. The summed E-state index contributed by atoms with van der Waals surface area (Å²) >= 11 is 2.46. The maximum atomic E-state index is 12.5. The summed E-state index contributed by atoms with van der Waals surface area (Å²) in [5.41, 5.74) is 1.25. The van der Waals surface area contributed by atoms with Gasteiger partial charge >= 0.3 is 0 Å². The molecule has 0 spiro atoms. The van der Waals surface area contributed by atoms with E-state index in [2.05, 4.69) is 44.9 Å². The quantitative estimate of drug-likeness (QED) is 0.745. The van der Waals surface area contributed by atoms with Crippen molar-refractivity contribution < 1.29 is 4.55 Å². The van der Waals surface area contributed by atoms with E-state index in [0.29, 0.717) is 5.92 Å². The van der Waals surface area contributed by atoms with Crippen molar-refractivity contribution in [2.45, 2.75) is 63.7 Å². The molecule has 0 amide bonds. The van der Waals surface area contributed by atoms with Crippen molar-refractivity contribution in [3.63, 3.8) is 0 Å². The van der Waals surface area contributed by atoms with E-state index < -0.39 is 11.4 Å². The van der Waals surface area contributed by atoms with Gasteiger partial charge in [0.05, 0.1) is 6.04 Å². The normalized spacial score (nSPS) is 20.2. The Bertz CT molecular complexity index is 437. The topological polar surface area (TPSA) is 35.1 Å². The summed E-state index contributed by atoms with van der Waals surface area (Å²) in [4.78, 5) is 0. The molecule has 2 atom stereocenters. The molecule has 0 bridgehead atoms. The Hall–Kier alpha value is -0.0300. The molecular weight excluding hydrogens is 346 g/mol. The fourth-order valence-corrected chi connectivity index (χ4v) is 4.04. The van der Waals surface area contributed by atoms with Crippen LogP contribution in [0.25, 0.3) is 0 Å². The Labute approximate surface area is 140 Å². The molecule has 2 unspecified atom stereocenters. The van der Waals surface area contributed by atoms with Crippen molar-refractivity contribution in [2.24, 2.45) is 5.92 Å². The molecule has 21 heavy (non-hydrogen) atoms. The summed E-state index contributed by atoms with van der Waals surface area (Å²) in [6.45, 7) is 6.07. The smallest absolute Gasteiger partial charge is 0.136 e. The zero-order chi connectivity index (χ0) is 15.5. The third-order valence-electron chi connectivity index (χ3n) is 4.14. The lowest BCUT2D eigenvalue weighted by Crippen LogP contribution is -2.43. The SMILES string of the molecule is CC(C)(C)[S+]([O-])NC(c1ccc(Br)cc1)C1CCCCC1. The van der Waals surface area contributed by atoms with E-state index in [1.807, 2.05) is 20.8 Å². The van der Waals surface area contributed by atoms with Crippen LogP contribution in [-0.4, -0.2) is 9.30 Å². The summed E-state index contributed by atoms with van der Waals surface area (Å²) in [5.74, 6) is 0.589. The van der Waals surface area contributed by atoms with E-state index in [1.54, 1.807) is 0 Å². The lowest BCUT2D eigenvalue weighted by atomic mass is 9.81. The van der Waals surface area contributed by atoms with Crippen molar-refractivity contribution in [3.8, 4) is 0 Å². The van der Waals surface area contributed by atoms with Crippen LogP contribution in [0.5, 0.6) is 0 Å². The van der Waals surface area contributed by atoms with Crippen molar-refractivity contribution >= 4 is 27.3 Å². The number of rotatable bonds is 4. The Kier molecular flexibility index (Phi) is 6.18. The summed E-state index contributed by atoms with van der Waals surface area (Å²) in [5, 5.41) is 0. The molecule has 0 aromatic heterocycles. The van der Waals surface area contributed by atoms with Gasteiger partial charge in [0.25, 0.3) is 0 Å². The van der Waals surface area contributed by atoms with Crippen LogP contribution in [0.2, 0.25) is 0 Å². The molecule has 0 saturated heterocycles. The summed E-state index contributed by atoms with van der Waals surface area (Å²) in [6, 6.07) is 8.64. The van der Waals surface area contributed by atoms with Crippen LogP contribution in [0.15, 0.2) is 28.7 Å². The van der Waals surface area contributed by atoms with Gasteiger partial charge in [-0.05, 0) is 57.2 Å². The number of nitrogens with one attached hydrogen (secondary N) is 1. The first-order valence-electron chi connectivity index (χ1n) is 7.81. The molecule has 4 heteroatoms. The lowest BCUT2D eigenvalue weighted by Gasteiger charge is -2.34. The van der Waals surface area contributed by atoms with Gasteiger partial charge in [-0.2, -0.15) is 0 Å². The first-order valence-corrected chi connectivity index (χ1v) is 9.76. The minimum Gasteiger partial charge on any atom is -0.598 e. The third kappa shape index (κ3) is 4.98. The van der Waals surface area contributed by atoms with Crippen molar-refractivity contribution in [3.05, 3.63) is 34.3 Å². The molecule has 2 nitrogen and oxygen atoms in total. The van der Waals surface area contributed by atoms with Gasteiger partial charge < -0.3 is 4.55 Å². The van der Waals surface area contributed by atoms with Crippen LogP contribution >= 0.6 is 15.9 Å². The predicted molar refractivity (Wildman–Crippen MR) is 94.5 cm³/mol. The molecule has 118 valence electrons. The van der Waals surface area contributed by atoms with Gasteiger partial charge in [-0.25, -0.2) is 0 Å². The van der Waals surface area contributed by atoms with Gasteiger partial charge in [-0.15, -0.1) is 4.72 Å². The zero-order valence-corrected chi connectivity index (χ0v) is 15.6. The van der Waals surface area contributed by atoms with Gasteiger partial charge in [0.2, 0.25) is 0 Å². The molecule has 0 heterocycles. The van der Waals surface area contributed by atoms with Gasteiger partial charge in [-0.1, -0.05) is 47.3 Å². The predicted octanol–water partition coefficient (Wildman–Crippen LogP) is 5.12. The average molecular weight is 372 g/mol. The van der Waals surface area contributed by atoms with E-state index in [1.165, 1.54) is 37.7 Å². The molecule has 1 saturated carbocycles. The molecule has 1 fully saturated rings. The van der Waals surface area contributed by atoms with Crippen molar-refractivity contribution in [1.82, 2.24) is 4.72 Å². The lowest BCUT2D eigenvalue weighted by molar-refractivity contribution is 0.292. The monoisotopic (exact) mass is 371 g/mol. The highest BCUT2D eigenvalue weighted by Crippen LogP contribution is 2.36. The number of hydrogen-bond donors (Lipinski definition) is 1. The van der Waals surface area contributed by atoms with Gasteiger partial charge in [0, 0.05) is 15.8 Å². The average Bonchev–Trinajstić information content (AvgIpc) is 2.45. The first kappa shape index (κ1) is 17.3. The van der Waals surface area contributed by atoms with Gasteiger partial charge in [-0.3, -0.25) is 0 Å². The van der Waals surface area contributed by atoms with Gasteiger partial charge in [0.1, 0.15) is 4.75 Å². The van der Waals surface area contributed by atoms with E-state index in [-0.39, 0.29) is 10.8 Å². The molecule has 1 N–H and O–H groups in total. The standard InChI is InChI=1S/C17H26BrNOS/c1-17(2,3)21(20)19-16(13-7-5-4-6-8-13)14-9-11-15(18)12-10-14/h9-13,16,19H,4-8H2,1-3H3. The fraction of sp³-hybridized carbons (Fsp3) is 0.647. The molecule has 0 aliphatic heterocycles. The summed E-state index contributed by atoms with van der Waals surface area (Å²) < 4.78 is 16.8. The van der Waals surface area contributed by atoms with E-state index in [9.17, 15) is 4.55 Å². The highest BCUT2D eigenvalue weighted by molar-refractivity contribution is 9.10. The Morgan fingerprint density at radius 2 is 1.71 bits per heavy atom. The number of hydrogen-bond acceptors (Lipinski definition) is 2. The Morgan fingerprint density at radius 1 is 1.14 bits per heavy atom. The molecular formula is C17H26BrNOS. The maximum absolute atomic E-state index is 12.5. The molecule has 0 radical (unpaired) electrons. The minimum absolute atomic E-state index is 0.193. The second-order valence-electron chi connectivity index (χ2n) is 6.93. The third-order valence-corrected chi connectivity index (χ3v) is 6.25. The Morgan fingerprint density at radius 3 is 2.24 bits per heavy atom. The zero-order valence-electron chi connectivity index (χ0n) is 13.2. The van der Waals surface area contributed by atoms with Crippen molar-refractivity contribution in [2.75, 3.05) is 0 Å². The summed E-state index contributed by atoms with van der Waals surface area (Å²) in [6.07, 6.45) is 6.39. The van der Waals surface area contributed by atoms with Crippen molar-refractivity contribution in [1.29, 1.82) is 0 Å². The first-order chi connectivity index (χ1) is 9.88. The van der Waals surface area contributed by atoms with Gasteiger partial charge in [0.15, 0.2) is 0 Å². The number of halogens is 1.